The fourth-order valence-corrected chi connectivity index (χ4v) is 5.85. The van der Waals surface area contributed by atoms with E-state index >= 15 is 0 Å². The summed E-state index contributed by atoms with van der Waals surface area (Å²) in [6, 6.07) is 9.54. The highest BCUT2D eigenvalue weighted by molar-refractivity contribution is 6.08. The Balaban J connectivity index is 2.02. The Morgan fingerprint density at radius 1 is 0.810 bits per heavy atom. The summed E-state index contributed by atoms with van der Waals surface area (Å²) in [7, 11) is 1.78. The van der Waals surface area contributed by atoms with E-state index in [9.17, 15) is 14.4 Å². The number of benzene rings is 1. The number of hydrogen-bond donors (Lipinski definition) is 0. The van der Waals surface area contributed by atoms with Crippen LogP contribution in [0.5, 0.6) is 0 Å². The van der Waals surface area contributed by atoms with Crippen LogP contribution in [0.3, 0.4) is 0 Å². The maximum Gasteiger partial charge on any atom is 0.339 e. The molecule has 232 valence electrons. The number of hydrogen-bond acceptors (Lipinski definition) is 5. The van der Waals surface area contributed by atoms with Crippen LogP contribution in [-0.4, -0.2) is 36.1 Å². The van der Waals surface area contributed by atoms with E-state index in [1.807, 2.05) is 78.0 Å². The maximum atomic E-state index is 14.2. The molecule has 6 heteroatoms. The summed E-state index contributed by atoms with van der Waals surface area (Å²) in [5, 5.41) is 0. The number of nitrogens with zero attached hydrogens (tertiary/aromatic N) is 1. The van der Waals surface area contributed by atoms with E-state index in [-0.39, 0.29) is 5.91 Å². The van der Waals surface area contributed by atoms with Crippen molar-refractivity contribution in [2.45, 2.75) is 130 Å². The van der Waals surface area contributed by atoms with Gasteiger partial charge >= 0.3 is 11.9 Å². The smallest absolute Gasteiger partial charge is 0.339 e. The molecule has 0 saturated heterocycles. The highest BCUT2D eigenvalue weighted by atomic mass is 16.6. The zero-order valence-corrected chi connectivity index (χ0v) is 27.3. The summed E-state index contributed by atoms with van der Waals surface area (Å²) in [5.74, 6) is -1.69. The van der Waals surface area contributed by atoms with E-state index in [4.69, 9.17) is 9.47 Å². The van der Waals surface area contributed by atoms with Crippen molar-refractivity contribution in [3.8, 4) is 0 Å². The van der Waals surface area contributed by atoms with Gasteiger partial charge in [-0.25, -0.2) is 9.59 Å². The Kier molecular flexibility index (Phi) is 11.2. The number of carbonyl (C=O) groups excluding carboxylic acids is 3. The van der Waals surface area contributed by atoms with E-state index in [1.54, 1.807) is 11.9 Å². The third kappa shape index (κ3) is 8.81. The molecule has 1 aromatic carbocycles. The zero-order valence-electron chi connectivity index (χ0n) is 27.3. The van der Waals surface area contributed by atoms with Gasteiger partial charge in [-0.2, -0.15) is 0 Å². The molecule has 1 amide bonds. The van der Waals surface area contributed by atoms with Crippen molar-refractivity contribution in [2.75, 3.05) is 11.9 Å². The second-order valence-electron chi connectivity index (χ2n) is 14.0. The molecule has 0 aromatic heterocycles. The SMILES string of the molecule is CCCCCCCCCCC1=CC(C(=O)N(C)c2ccccc2)C2(CC2)C(C(=O)OC(C)(C)C)=C1C(=O)OC(C)(C)C. The monoisotopic (exact) mass is 579 g/mol. The number of amides is 1. The summed E-state index contributed by atoms with van der Waals surface area (Å²) >= 11 is 0. The van der Waals surface area contributed by atoms with E-state index < -0.39 is 34.5 Å². The normalized spacial score (nSPS) is 18.0. The number of carbonyl (C=O) groups is 3. The molecule has 3 rings (SSSR count). The van der Waals surface area contributed by atoms with E-state index in [0.29, 0.717) is 30.4 Å². The first kappa shape index (κ1) is 33.6. The summed E-state index contributed by atoms with van der Waals surface area (Å²) in [6.07, 6.45) is 13.1. The van der Waals surface area contributed by atoms with Crippen LogP contribution in [0.2, 0.25) is 0 Å². The lowest BCUT2D eigenvalue weighted by Crippen LogP contribution is -2.43. The van der Waals surface area contributed by atoms with Gasteiger partial charge in [0.15, 0.2) is 0 Å². The van der Waals surface area contributed by atoms with Gasteiger partial charge < -0.3 is 14.4 Å². The summed E-state index contributed by atoms with van der Waals surface area (Å²) in [6.45, 7) is 13.2. The van der Waals surface area contributed by atoms with Gasteiger partial charge in [0.2, 0.25) is 5.91 Å². The highest BCUT2D eigenvalue weighted by Gasteiger charge is 2.61. The average Bonchev–Trinajstić information content (AvgIpc) is 3.68. The van der Waals surface area contributed by atoms with Crippen LogP contribution < -0.4 is 4.90 Å². The number of para-hydroxylation sites is 1. The molecule has 2 aliphatic rings. The van der Waals surface area contributed by atoms with Gasteiger partial charge in [0.1, 0.15) is 11.2 Å². The minimum absolute atomic E-state index is 0.0866. The predicted octanol–water partition coefficient (Wildman–Crippen LogP) is 8.50. The molecule has 42 heavy (non-hydrogen) atoms. The van der Waals surface area contributed by atoms with Crippen molar-refractivity contribution in [1.82, 2.24) is 0 Å². The fraction of sp³-hybridized carbons (Fsp3) is 0.639. The molecule has 2 aliphatic carbocycles. The first-order valence-corrected chi connectivity index (χ1v) is 16.0. The lowest BCUT2D eigenvalue weighted by atomic mass is 9.71. The third-order valence-corrected chi connectivity index (χ3v) is 8.07. The standard InChI is InChI=1S/C36H53NO5/c1-9-10-11-12-13-14-15-17-20-26-25-28(31(38)37(8)27-21-18-16-19-22-27)36(23-24-36)30(33(40)42-35(5,6)7)29(26)32(39)41-34(2,3)4/h16,18-19,21-22,25,28H,9-15,17,20,23-24H2,1-8H3. The topological polar surface area (TPSA) is 72.9 Å². The van der Waals surface area contributed by atoms with E-state index in [0.717, 1.165) is 30.5 Å². The second-order valence-corrected chi connectivity index (χ2v) is 14.0. The van der Waals surface area contributed by atoms with Crippen molar-refractivity contribution in [2.24, 2.45) is 11.3 Å². The molecule has 0 N–H and O–H groups in total. The fourth-order valence-electron chi connectivity index (χ4n) is 5.85. The number of rotatable bonds is 13. The second kappa shape index (κ2) is 14.1. The van der Waals surface area contributed by atoms with Crippen LogP contribution in [0.25, 0.3) is 0 Å². The quantitative estimate of drug-likeness (QED) is 0.173. The lowest BCUT2D eigenvalue weighted by Gasteiger charge is -2.36. The van der Waals surface area contributed by atoms with Gasteiger partial charge in [-0.3, -0.25) is 4.79 Å². The van der Waals surface area contributed by atoms with Crippen molar-refractivity contribution in [3.63, 3.8) is 0 Å². The van der Waals surface area contributed by atoms with E-state index in [2.05, 4.69) is 6.92 Å². The number of ether oxygens (including phenoxy) is 2. The minimum atomic E-state index is -0.780. The van der Waals surface area contributed by atoms with E-state index in [1.165, 1.54) is 32.1 Å². The molecule has 1 fully saturated rings. The van der Waals surface area contributed by atoms with Crippen molar-refractivity contribution in [3.05, 3.63) is 53.1 Å². The third-order valence-electron chi connectivity index (χ3n) is 8.07. The Morgan fingerprint density at radius 3 is 1.86 bits per heavy atom. The van der Waals surface area contributed by atoms with Crippen molar-refractivity contribution < 1.29 is 23.9 Å². The molecule has 6 nitrogen and oxygen atoms in total. The first-order valence-electron chi connectivity index (χ1n) is 16.0. The number of esters is 2. The Labute approximate surface area is 253 Å². The molecule has 1 spiro atoms. The molecule has 0 radical (unpaired) electrons. The largest absolute Gasteiger partial charge is 0.457 e. The van der Waals surface area contributed by atoms with Crippen LogP contribution >= 0.6 is 0 Å². The molecule has 0 aliphatic heterocycles. The Morgan fingerprint density at radius 2 is 1.33 bits per heavy atom. The molecule has 1 atom stereocenters. The number of anilines is 1. The van der Waals surface area contributed by atoms with Crippen molar-refractivity contribution in [1.29, 1.82) is 0 Å². The van der Waals surface area contributed by atoms with Crippen molar-refractivity contribution >= 4 is 23.5 Å². The summed E-state index contributed by atoms with van der Waals surface area (Å²) in [5.41, 5.74) is -0.111. The predicted molar refractivity (Wildman–Crippen MR) is 169 cm³/mol. The zero-order chi connectivity index (χ0) is 31.1. The van der Waals surface area contributed by atoms with Gasteiger partial charge in [0.05, 0.1) is 17.1 Å². The van der Waals surface area contributed by atoms with Gasteiger partial charge in [-0.05, 0) is 84.9 Å². The van der Waals surface area contributed by atoms with Gasteiger partial charge in [-0.15, -0.1) is 0 Å². The van der Waals surface area contributed by atoms with Gasteiger partial charge in [0, 0.05) is 18.2 Å². The average molecular weight is 580 g/mol. The van der Waals surface area contributed by atoms with Gasteiger partial charge in [-0.1, -0.05) is 76.1 Å². The molecule has 0 heterocycles. The van der Waals surface area contributed by atoms with Crippen LogP contribution in [0.4, 0.5) is 5.69 Å². The highest BCUT2D eigenvalue weighted by Crippen LogP contribution is 2.62. The van der Waals surface area contributed by atoms with Crippen LogP contribution in [0, 0.1) is 11.3 Å². The van der Waals surface area contributed by atoms with Crippen LogP contribution in [-0.2, 0) is 23.9 Å². The van der Waals surface area contributed by atoms with Gasteiger partial charge in [0.25, 0.3) is 0 Å². The lowest BCUT2D eigenvalue weighted by molar-refractivity contribution is -0.154. The first-order chi connectivity index (χ1) is 19.7. The minimum Gasteiger partial charge on any atom is -0.457 e. The summed E-state index contributed by atoms with van der Waals surface area (Å²) < 4.78 is 11.8. The summed E-state index contributed by atoms with van der Waals surface area (Å²) in [4.78, 5) is 43.6. The Bertz CT molecular complexity index is 1160. The van der Waals surface area contributed by atoms with Crippen LogP contribution in [0.1, 0.15) is 119 Å². The molecular weight excluding hydrogens is 526 g/mol. The molecule has 1 aromatic rings. The molecule has 0 bridgehead atoms. The molecule has 1 saturated carbocycles. The molecular formula is C36H53NO5. The van der Waals surface area contributed by atoms with Crippen LogP contribution in [0.15, 0.2) is 53.1 Å². The molecule has 1 unspecified atom stereocenters. The Hall–Kier alpha value is -2.89. The maximum absolute atomic E-state index is 14.2. The number of unbranched alkanes of at least 4 members (excludes halogenated alkanes) is 7.